The fourth-order valence-corrected chi connectivity index (χ4v) is 5.91. The van der Waals surface area contributed by atoms with Crippen LogP contribution in [0.4, 0.5) is 4.39 Å². The molecule has 0 spiro atoms. The number of likely N-dealkylation sites (tertiary alicyclic amines) is 1. The standard InChI is InChI=1S/C30H29FN4O4/c31-21-15-22(24-18-35(30(38)23(24)16-21)25-8-9-27(36)33-29(25)37)19-10-13-34(14-11-19)17-20-5-1-2-6-26(20)39-28-7-3-4-12-32-28/h1-7,12,15-16,19,25H,8-11,13-14,17-18H2,(H,33,36,37). The van der Waals surface area contributed by atoms with Gasteiger partial charge in [0, 0.05) is 42.9 Å². The van der Waals surface area contributed by atoms with Gasteiger partial charge in [0.25, 0.3) is 5.91 Å². The Hall–Kier alpha value is -4.11. The zero-order valence-electron chi connectivity index (χ0n) is 21.4. The molecule has 3 aliphatic heterocycles. The number of piperidine rings is 2. The minimum absolute atomic E-state index is 0.111. The van der Waals surface area contributed by atoms with Crippen molar-refractivity contribution in [1.82, 2.24) is 20.1 Å². The van der Waals surface area contributed by atoms with Crippen LogP contribution in [0.2, 0.25) is 0 Å². The number of aromatic nitrogens is 1. The van der Waals surface area contributed by atoms with Gasteiger partial charge < -0.3 is 9.64 Å². The first kappa shape index (κ1) is 25.2. The molecule has 2 saturated heterocycles. The topological polar surface area (TPSA) is 91.8 Å². The molecule has 2 aromatic carbocycles. The van der Waals surface area contributed by atoms with Crippen molar-refractivity contribution in [3.05, 3.63) is 88.9 Å². The van der Waals surface area contributed by atoms with Crippen LogP contribution in [0, 0.1) is 5.82 Å². The van der Waals surface area contributed by atoms with Gasteiger partial charge in [-0.1, -0.05) is 24.3 Å². The van der Waals surface area contributed by atoms with Gasteiger partial charge in [-0.3, -0.25) is 24.6 Å². The average molecular weight is 529 g/mol. The van der Waals surface area contributed by atoms with Crippen molar-refractivity contribution in [2.24, 2.45) is 0 Å². The number of amides is 3. The number of nitrogens with one attached hydrogen (secondary N) is 1. The van der Waals surface area contributed by atoms with Gasteiger partial charge in [-0.25, -0.2) is 9.37 Å². The lowest BCUT2D eigenvalue weighted by molar-refractivity contribution is -0.136. The summed E-state index contributed by atoms with van der Waals surface area (Å²) < 4.78 is 20.7. The average Bonchev–Trinajstić information content (AvgIpc) is 3.26. The predicted octanol–water partition coefficient (Wildman–Crippen LogP) is 4.15. The summed E-state index contributed by atoms with van der Waals surface area (Å²) in [5.74, 6) is -0.148. The van der Waals surface area contributed by atoms with E-state index in [1.807, 2.05) is 36.4 Å². The van der Waals surface area contributed by atoms with Crippen molar-refractivity contribution in [2.75, 3.05) is 13.1 Å². The minimum atomic E-state index is -0.714. The number of nitrogens with zero attached hydrogens (tertiary/aromatic N) is 3. The van der Waals surface area contributed by atoms with Crippen molar-refractivity contribution in [3.8, 4) is 11.6 Å². The van der Waals surface area contributed by atoms with Crippen LogP contribution < -0.4 is 10.1 Å². The summed E-state index contributed by atoms with van der Waals surface area (Å²) in [7, 11) is 0. The van der Waals surface area contributed by atoms with E-state index in [0.29, 0.717) is 11.4 Å². The molecule has 0 bridgehead atoms. The zero-order chi connectivity index (χ0) is 26.9. The maximum Gasteiger partial charge on any atom is 0.255 e. The second-order valence-corrected chi connectivity index (χ2v) is 10.3. The number of halogens is 1. The third-order valence-electron chi connectivity index (χ3n) is 7.90. The second-order valence-electron chi connectivity index (χ2n) is 10.3. The summed E-state index contributed by atoms with van der Waals surface area (Å²) in [6.07, 6.45) is 3.82. The van der Waals surface area contributed by atoms with Crippen LogP contribution in [-0.4, -0.2) is 51.6 Å². The molecule has 3 amide bonds. The molecule has 2 fully saturated rings. The van der Waals surface area contributed by atoms with Gasteiger partial charge in [0.1, 0.15) is 17.6 Å². The van der Waals surface area contributed by atoms with E-state index < -0.39 is 17.8 Å². The summed E-state index contributed by atoms with van der Waals surface area (Å²) in [5, 5.41) is 2.32. The smallest absolute Gasteiger partial charge is 0.255 e. The first-order chi connectivity index (χ1) is 19.0. The van der Waals surface area contributed by atoms with E-state index in [1.165, 1.54) is 11.0 Å². The van der Waals surface area contributed by atoms with Gasteiger partial charge in [0.2, 0.25) is 17.7 Å². The van der Waals surface area contributed by atoms with Crippen LogP contribution in [0.5, 0.6) is 11.6 Å². The summed E-state index contributed by atoms with van der Waals surface area (Å²) in [4.78, 5) is 45.3. The highest BCUT2D eigenvalue weighted by Gasteiger charge is 2.41. The molecular formula is C30H29FN4O4. The highest BCUT2D eigenvalue weighted by atomic mass is 19.1. The van der Waals surface area contributed by atoms with E-state index in [4.69, 9.17) is 4.74 Å². The van der Waals surface area contributed by atoms with Crippen LogP contribution in [0.25, 0.3) is 0 Å². The third kappa shape index (κ3) is 5.14. The molecule has 0 aliphatic carbocycles. The fraction of sp³-hybridized carbons (Fsp3) is 0.333. The lowest BCUT2D eigenvalue weighted by Gasteiger charge is -2.33. The number of benzene rings is 2. The van der Waals surface area contributed by atoms with Gasteiger partial charge in [-0.15, -0.1) is 0 Å². The Kier molecular flexibility index (Phi) is 6.83. The Bertz CT molecular complexity index is 1420. The normalized spacial score (nSPS) is 20.2. The summed E-state index contributed by atoms with van der Waals surface area (Å²) in [5.41, 5.74) is 3.06. The van der Waals surface area contributed by atoms with Gasteiger partial charge in [-0.05, 0) is 73.7 Å². The first-order valence-electron chi connectivity index (χ1n) is 13.3. The molecule has 6 rings (SSSR count). The van der Waals surface area contributed by atoms with Gasteiger partial charge >= 0.3 is 0 Å². The number of para-hydroxylation sites is 1. The number of pyridine rings is 1. The molecule has 0 radical (unpaired) electrons. The van der Waals surface area contributed by atoms with Crippen LogP contribution in [0.1, 0.15) is 58.6 Å². The molecule has 8 nitrogen and oxygen atoms in total. The van der Waals surface area contributed by atoms with E-state index in [-0.39, 0.29) is 37.1 Å². The SMILES string of the molecule is O=C1CCC(N2Cc3c(cc(F)cc3C3CCN(Cc4ccccc4Oc4ccccn4)CC3)C2=O)C(=O)N1. The van der Waals surface area contributed by atoms with Crippen molar-refractivity contribution < 1.29 is 23.5 Å². The molecule has 0 saturated carbocycles. The van der Waals surface area contributed by atoms with E-state index in [1.54, 1.807) is 12.3 Å². The number of carbonyl (C=O) groups excluding carboxylic acids is 3. The summed E-state index contributed by atoms with van der Waals surface area (Å²) in [6, 6.07) is 15.6. The Morgan fingerprint density at radius 3 is 2.56 bits per heavy atom. The van der Waals surface area contributed by atoms with Crippen LogP contribution in [-0.2, 0) is 22.7 Å². The number of carbonyl (C=O) groups is 3. The minimum Gasteiger partial charge on any atom is -0.439 e. The van der Waals surface area contributed by atoms with Crippen LogP contribution >= 0.6 is 0 Å². The molecule has 1 N–H and O–H groups in total. The quantitative estimate of drug-likeness (QED) is 0.484. The van der Waals surface area contributed by atoms with Crippen molar-refractivity contribution in [3.63, 3.8) is 0 Å². The number of hydrogen-bond donors (Lipinski definition) is 1. The molecule has 200 valence electrons. The number of imide groups is 1. The lowest BCUT2D eigenvalue weighted by atomic mass is 9.85. The van der Waals surface area contributed by atoms with E-state index in [9.17, 15) is 18.8 Å². The number of ether oxygens (including phenoxy) is 1. The molecule has 1 unspecified atom stereocenters. The predicted molar refractivity (Wildman–Crippen MR) is 140 cm³/mol. The molecule has 39 heavy (non-hydrogen) atoms. The number of fused-ring (bicyclic) bond motifs is 1. The van der Waals surface area contributed by atoms with Crippen molar-refractivity contribution >= 4 is 17.7 Å². The molecule has 1 atom stereocenters. The molecular weight excluding hydrogens is 499 g/mol. The highest BCUT2D eigenvalue weighted by molar-refractivity contribution is 6.05. The Balaban J connectivity index is 1.14. The van der Waals surface area contributed by atoms with E-state index in [0.717, 1.165) is 54.9 Å². The van der Waals surface area contributed by atoms with E-state index in [2.05, 4.69) is 21.3 Å². The number of hydrogen-bond acceptors (Lipinski definition) is 6. The molecule has 1 aromatic heterocycles. The third-order valence-corrected chi connectivity index (χ3v) is 7.90. The monoisotopic (exact) mass is 528 g/mol. The maximum absolute atomic E-state index is 14.7. The van der Waals surface area contributed by atoms with Crippen molar-refractivity contribution in [2.45, 2.75) is 50.7 Å². The molecule has 3 aromatic rings. The van der Waals surface area contributed by atoms with Crippen LogP contribution in [0.15, 0.2) is 60.8 Å². The maximum atomic E-state index is 14.7. The largest absolute Gasteiger partial charge is 0.439 e. The first-order valence-corrected chi connectivity index (χ1v) is 13.3. The Morgan fingerprint density at radius 2 is 1.79 bits per heavy atom. The van der Waals surface area contributed by atoms with Gasteiger partial charge in [-0.2, -0.15) is 0 Å². The zero-order valence-corrected chi connectivity index (χ0v) is 21.4. The Labute approximate surface area is 225 Å². The summed E-state index contributed by atoms with van der Waals surface area (Å²) >= 11 is 0. The summed E-state index contributed by atoms with van der Waals surface area (Å²) in [6.45, 7) is 2.62. The van der Waals surface area contributed by atoms with Gasteiger partial charge in [0.15, 0.2) is 0 Å². The lowest BCUT2D eigenvalue weighted by Crippen LogP contribution is -2.52. The molecule has 9 heteroatoms. The van der Waals surface area contributed by atoms with E-state index >= 15 is 0 Å². The van der Waals surface area contributed by atoms with Crippen molar-refractivity contribution in [1.29, 1.82) is 0 Å². The number of rotatable bonds is 6. The molecule has 3 aliphatic rings. The van der Waals surface area contributed by atoms with Gasteiger partial charge in [0.05, 0.1) is 0 Å². The van der Waals surface area contributed by atoms with Crippen LogP contribution in [0.3, 0.4) is 0 Å². The second kappa shape index (κ2) is 10.6. The fourth-order valence-electron chi connectivity index (χ4n) is 5.91. The Morgan fingerprint density at radius 1 is 1.00 bits per heavy atom. The highest BCUT2D eigenvalue weighted by Crippen LogP contribution is 2.38. The molecule has 4 heterocycles.